The lowest BCUT2D eigenvalue weighted by molar-refractivity contribution is 0.0607. The number of anilines is 1. The molecule has 154 valence electrons. The maximum absolute atomic E-state index is 13.2. The summed E-state index contributed by atoms with van der Waals surface area (Å²) in [5, 5.41) is 0.629. The van der Waals surface area contributed by atoms with Crippen molar-refractivity contribution < 1.29 is 23.6 Å². The van der Waals surface area contributed by atoms with Gasteiger partial charge in [0.05, 0.1) is 11.9 Å². The van der Waals surface area contributed by atoms with E-state index < -0.39 is 29.6 Å². The van der Waals surface area contributed by atoms with Crippen LogP contribution in [0.3, 0.4) is 0 Å². The Morgan fingerprint density at radius 1 is 0.774 bits per heavy atom. The Morgan fingerprint density at radius 2 is 1.29 bits per heavy atom. The van der Waals surface area contributed by atoms with Gasteiger partial charge in [-0.05, 0) is 42.8 Å². The van der Waals surface area contributed by atoms with Crippen LogP contribution in [0.15, 0.2) is 42.6 Å². The summed E-state index contributed by atoms with van der Waals surface area (Å²) in [5.41, 5.74) is 1.12. The summed E-state index contributed by atoms with van der Waals surface area (Å²) < 4.78 is 13.2. The lowest BCUT2D eigenvalue weighted by Gasteiger charge is -2.31. The van der Waals surface area contributed by atoms with E-state index in [4.69, 9.17) is 0 Å². The first-order valence-corrected chi connectivity index (χ1v) is 9.90. The fourth-order valence-corrected chi connectivity index (χ4v) is 4.18. The number of imide groups is 2. The number of nitrogens with zero attached hydrogens (tertiary/aromatic N) is 3. The number of hydrogen-bond acceptors (Lipinski definition) is 5. The number of benzene rings is 2. The van der Waals surface area contributed by atoms with Crippen molar-refractivity contribution in [3.8, 4) is 0 Å². The molecule has 3 aromatic rings. The standard InChI is InChI=1S/C23H16FN3O4/c1-2-3-10-26-20(28)13-5-7-15-19-16(8-6-14(18(13)19)21(26)29)23(31)27(22(15)30)12-4-9-17(24)25-11-12/h4-9,11H,2-3,10H2,1H3. The molecule has 31 heavy (non-hydrogen) atoms. The second-order valence-electron chi connectivity index (χ2n) is 7.47. The Morgan fingerprint density at radius 3 is 1.74 bits per heavy atom. The van der Waals surface area contributed by atoms with Crippen LogP contribution in [0.5, 0.6) is 0 Å². The van der Waals surface area contributed by atoms with Crippen molar-refractivity contribution in [2.75, 3.05) is 11.4 Å². The van der Waals surface area contributed by atoms with Crippen molar-refractivity contribution in [3.63, 3.8) is 0 Å². The molecule has 1 aromatic heterocycles. The highest BCUT2D eigenvalue weighted by Crippen LogP contribution is 2.38. The van der Waals surface area contributed by atoms with Gasteiger partial charge in [-0.15, -0.1) is 0 Å². The smallest absolute Gasteiger partial charge is 0.266 e. The van der Waals surface area contributed by atoms with Crippen LogP contribution in [0.4, 0.5) is 10.1 Å². The molecule has 0 fully saturated rings. The van der Waals surface area contributed by atoms with Gasteiger partial charge in [-0.25, -0.2) is 9.88 Å². The highest BCUT2D eigenvalue weighted by molar-refractivity contribution is 6.39. The van der Waals surface area contributed by atoms with E-state index in [1.165, 1.54) is 35.2 Å². The molecule has 3 heterocycles. The molecule has 4 amide bonds. The first-order chi connectivity index (χ1) is 14.9. The quantitative estimate of drug-likeness (QED) is 0.478. The average molecular weight is 417 g/mol. The fourth-order valence-electron chi connectivity index (χ4n) is 4.18. The van der Waals surface area contributed by atoms with Crippen LogP contribution >= 0.6 is 0 Å². The number of pyridine rings is 1. The summed E-state index contributed by atoms with van der Waals surface area (Å²) in [7, 11) is 0. The van der Waals surface area contributed by atoms with E-state index in [-0.39, 0.29) is 16.8 Å². The number of hydrogen-bond donors (Lipinski definition) is 0. The molecular weight excluding hydrogens is 401 g/mol. The highest BCUT2D eigenvalue weighted by Gasteiger charge is 2.40. The van der Waals surface area contributed by atoms with E-state index >= 15 is 0 Å². The molecule has 2 aliphatic rings. The number of carbonyl (C=O) groups excluding carboxylic acids is 4. The minimum atomic E-state index is -0.732. The van der Waals surface area contributed by atoms with E-state index in [0.29, 0.717) is 34.9 Å². The number of unbranched alkanes of at least 4 members (excludes halogenated alkanes) is 1. The predicted molar refractivity (Wildman–Crippen MR) is 110 cm³/mol. The van der Waals surface area contributed by atoms with E-state index in [2.05, 4.69) is 4.98 Å². The van der Waals surface area contributed by atoms with Crippen molar-refractivity contribution in [2.24, 2.45) is 0 Å². The fraction of sp³-hybridized carbons (Fsp3) is 0.174. The van der Waals surface area contributed by atoms with Crippen molar-refractivity contribution in [2.45, 2.75) is 19.8 Å². The van der Waals surface area contributed by atoms with Crippen LogP contribution in [0, 0.1) is 5.95 Å². The molecule has 0 N–H and O–H groups in total. The van der Waals surface area contributed by atoms with Crippen LogP contribution in [0.1, 0.15) is 61.2 Å². The molecule has 5 rings (SSSR count). The molecule has 0 saturated heterocycles. The van der Waals surface area contributed by atoms with E-state index in [9.17, 15) is 23.6 Å². The van der Waals surface area contributed by atoms with Crippen molar-refractivity contribution in [3.05, 3.63) is 70.8 Å². The number of aromatic nitrogens is 1. The summed E-state index contributed by atoms with van der Waals surface area (Å²) in [6.45, 7) is 2.28. The molecule has 0 spiro atoms. The lowest BCUT2D eigenvalue weighted by Crippen LogP contribution is -2.43. The maximum atomic E-state index is 13.2. The van der Waals surface area contributed by atoms with Gasteiger partial charge in [-0.3, -0.25) is 24.1 Å². The van der Waals surface area contributed by atoms with Gasteiger partial charge >= 0.3 is 0 Å². The Labute approximate surface area is 176 Å². The van der Waals surface area contributed by atoms with Crippen LogP contribution in [0.2, 0.25) is 0 Å². The van der Waals surface area contributed by atoms with Crippen molar-refractivity contribution in [1.29, 1.82) is 0 Å². The van der Waals surface area contributed by atoms with Gasteiger partial charge in [-0.1, -0.05) is 13.3 Å². The molecule has 0 unspecified atom stereocenters. The largest absolute Gasteiger partial charge is 0.274 e. The van der Waals surface area contributed by atoms with Crippen LogP contribution in [-0.2, 0) is 0 Å². The first-order valence-electron chi connectivity index (χ1n) is 9.90. The van der Waals surface area contributed by atoms with Gasteiger partial charge in [0.25, 0.3) is 23.6 Å². The Bertz CT molecular complexity index is 1250. The number of rotatable bonds is 4. The predicted octanol–water partition coefficient (Wildman–Crippen LogP) is 3.57. The van der Waals surface area contributed by atoms with Gasteiger partial charge in [0.1, 0.15) is 0 Å². The molecule has 0 radical (unpaired) electrons. The van der Waals surface area contributed by atoms with Gasteiger partial charge in [0, 0.05) is 39.6 Å². The summed E-state index contributed by atoms with van der Waals surface area (Å²) in [4.78, 5) is 58.1. The van der Waals surface area contributed by atoms with Gasteiger partial charge < -0.3 is 0 Å². The molecule has 0 aliphatic carbocycles. The zero-order valence-electron chi connectivity index (χ0n) is 16.5. The van der Waals surface area contributed by atoms with E-state index in [1.54, 1.807) is 0 Å². The normalized spacial score (nSPS) is 15.3. The van der Waals surface area contributed by atoms with Gasteiger partial charge in [0.15, 0.2) is 0 Å². The third kappa shape index (κ3) is 2.61. The van der Waals surface area contributed by atoms with E-state index in [0.717, 1.165) is 23.6 Å². The molecule has 2 aliphatic heterocycles. The molecule has 0 bridgehead atoms. The second-order valence-corrected chi connectivity index (χ2v) is 7.47. The molecule has 2 aromatic carbocycles. The maximum Gasteiger partial charge on any atom is 0.266 e. The summed E-state index contributed by atoms with van der Waals surface area (Å²) in [5.74, 6) is -2.84. The SMILES string of the molecule is CCCCN1C(=O)c2ccc3c4c(ccc(c24)C1=O)C(=O)N(c1ccc(F)nc1)C3=O. The first kappa shape index (κ1) is 19.0. The second kappa shape index (κ2) is 6.80. The van der Waals surface area contributed by atoms with Crippen LogP contribution in [0.25, 0.3) is 10.8 Å². The Hall–Kier alpha value is -3.94. The minimum Gasteiger partial charge on any atom is -0.274 e. The molecule has 7 nitrogen and oxygen atoms in total. The zero-order chi connectivity index (χ0) is 21.9. The summed E-state index contributed by atoms with van der Waals surface area (Å²) in [6.07, 6.45) is 2.62. The minimum absolute atomic E-state index is 0.133. The topological polar surface area (TPSA) is 87.7 Å². The molecule has 0 atom stereocenters. The van der Waals surface area contributed by atoms with E-state index in [1.807, 2.05) is 6.92 Å². The van der Waals surface area contributed by atoms with Gasteiger partial charge in [0.2, 0.25) is 5.95 Å². The highest BCUT2D eigenvalue weighted by atomic mass is 19.1. The number of amides is 4. The summed E-state index contributed by atoms with van der Waals surface area (Å²) >= 11 is 0. The zero-order valence-corrected chi connectivity index (χ0v) is 16.5. The number of halogens is 1. The Balaban J connectivity index is 1.71. The lowest BCUT2D eigenvalue weighted by atomic mass is 9.85. The monoisotopic (exact) mass is 417 g/mol. The molecule has 8 heteroatoms. The molecule has 0 saturated carbocycles. The summed E-state index contributed by atoms with van der Waals surface area (Å²) in [6, 6.07) is 8.39. The van der Waals surface area contributed by atoms with Gasteiger partial charge in [-0.2, -0.15) is 4.39 Å². The van der Waals surface area contributed by atoms with Crippen molar-refractivity contribution >= 4 is 40.1 Å². The third-order valence-corrected chi connectivity index (χ3v) is 5.68. The third-order valence-electron chi connectivity index (χ3n) is 5.68. The van der Waals surface area contributed by atoms with Crippen LogP contribution < -0.4 is 4.90 Å². The number of carbonyl (C=O) groups is 4. The Kier molecular flexibility index (Phi) is 4.18. The molecular formula is C23H16FN3O4. The van der Waals surface area contributed by atoms with Crippen LogP contribution in [-0.4, -0.2) is 40.1 Å². The average Bonchev–Trinajstić information content (AvgIpc) is 2.77. The van der Waals surface area contributed by atoms with Crippen molar-refractivity contribution in [1.82, 2.24) is 9.88 Å².